The minimum Gasteiger partial charge on any atom is -0.294 e. The van der Waals surface area contributed by atoms with Gasteiger partial charge in [-0.15, -0.1) is 0 Å². The average molecular weight is 434 g/mol. The van der Waals surface area contributed by atoms with Crippen LogP contribution in [0, 0.1) is 0 Å². The number of carbonyl (C=O) groups is 6. The smallest absolute Gasteiger partial charge is 0.259 e. The number of unbranched alkanes of at least 4 members (excludes halogenated alkanes) is 1. The Morgan fingerprint density at radius 3 is 2.09 bits per heavy atom. The Hall–Kier alpha value is -4.34. The summed E-state index contributed by atoms with van der Waals surface area (Å²) in [7, 11) is 0. The Balaban J connectivity index is 1.27. The number of hydrogen-bond acceptors (Lipinski definition) is 8. The number of Topliss-reactive ketones (excluding diaryl/α,β-unsaturated/α-hetero) is 2. The van der Waals surface area contributed by atoms with Gasteiger partial charge in [-0.2, -0.15) is 0 Å². The topological polar surface area (TPSA) is 153 Å². The molecule has 2 aromatic carbocycles. The van der Waals surface area contributed by atoms with E-state index in [0.717, 1.165) is 0 Å². The Labute approximate surface area is 178 Å². The number of hydrogen-bond donors (Lipinski definition) is 2. The van der Waals surface area contributed by atoms with E-state index in [0.29, 0.717) is 12.8 Å². The van der Waals surface area contributed by atoms with Crippen molar-refractivity contribution in [2.45, 2.75) is 25.7 Å². The molecule has 0 bridgehead atoms. The number of carbonyl (C=O) groups excluding carboxylic acids is 6. The van der Waals surface area contributed by atoms with Gasteiger partial charge in [-0.1, -0.05) is 12.1 Å². The van der Waals surface area contributed by atoms with Gasteiger partial charge in [0, 0.05) is 24.5 Å². The van der Waals surface area contributed by atoms with Crippen LogP contribution < -0.4 is 10.6 Å². The Morgan fingerprint density at radius 1 is 0.750 bits per heavy atom. The van der Waals surface area contributed by atoms with Crippen molar-refractivity contribution in [3.05, 3.63) is 57.6 Å². The van der Waals surface area contributed by atoms with Crippen LogP contribution in [-0.4, -0.2) is 35.2 Å². The summed E-state index contributed by atoms with van der Waals surface area (Å²) in [5, 5.41) is 4.31. The van der Waals surface area contributed by atoms with Gasteiger partial charge in [0.2, 0.25) is 11.2 Å². The van der Waals surface area contributed by atoms with Crippen molar-refractivity contribution in [3.63, 3.8) is 0 Å². The van der Waals surface area contributed by atoms with E-state index in [-0.39, 0.29) is 63.2 Å². The normalized spacial score (nSPS) is 14.5. The quantitative estimate of drug-likeness (QED) is 0.249. The maximum absolute atomic E-state index is 12.8. The summed E-state index contributed by atoms with van der Waals surface area (Å²) in [4.78, 5) is 73.2. The summed E-state index contributed by atoms with van der Waals surface area (Å²) in [6.45, 7) is 0. The molecule has 2 aliphatic heterocycles. The van der Waals surface area contributed by atoms with Crippen molar-refractivity contribution < 1.29 is 37.9 Å². The zero-order valence-electron chi connectivity index (χ0n) is 16.4. The van der Waals surface area contributed by atoms with Gasteiger partial charge in [-0.25, -0.2) is 0 Å². The van der Waals surface area contributed by atoms with Crippen molar-refractivity contribution in [2.24, 2.45) is 0 Å². The van der Waals surface area contributed by atoms with Gasteiger partial charge < -0.3 is 0 Å². The molecule has 2 aliphatic rings. The Kier molecular flexibility index (Phi) is 4.36. The number of rotatable bonds is 7. The molecule has 3 heterocycles. The van der Waals surface area contributed by atoms with Crippen LogP contribution >= 0.6 is 0 Å². The highest BCUT2D eigenvalue weighted by Gasteiger charge is 2.36. The van der Waals surface area contributed by atoms with Crippen LogP contribution in [-0.2, 0) is 0 Å². The number of amides is 4. The van der Waals surface area contributed by atoms with E-state index in [9.17, 15) is 28.8 Å². The van der Waals surface area contributed by atoms with Crippen molar-refractivity contribution in [1.29, 1.82) is 0 Å². The van der Waals surface area contributed by atoms with E-state index in [1.165, 1.54) is 24.3 Å². The number of nitrogens with one attached hydrogen (secondary N) is 2. The first-order chi connectivity index (χ1) is 15.4. The highest BCUT2D eigenvalue weighted by Crippen LogP contribution is 2.33. The molecule has 3 aromatic rings. The van der Waals surface area contributed by atoms with Crippen molar-refractivity contribution in [2.75, 3.05) is 0 Å². The first kappa shape index (κ1) is 19.6. The molecule has 160 valence electrons. The predicted octanol–water partition coefficient (Wildman–Crippen LogP) is 2.42. The molecule has 1 aromatic heterocycles. The molecule has 32 heavy (non-hydrogen) atoms. The standard InChI is InChI=1S/C22H14N2O8/c25-12(9-4-3-5-10-15(9)21(29)23-19(10)27)6-1-2-7-13(26)17-16-11(20(28)24-22(16)30)8-14-18(17)32-31-14/h3-5,8H,1-2,6-7H2,(H,23,27,29)(H,24,28,30). The Morgan fingerprint density at radius 2 is 1.41 bits per heavy atom. The van der Waals surface area contributed by atoms with E-state index in [1.807, 2.05) is 0 Å². The minimum absolute atomic E-state index is 0.00510. The second-order valence-corrected chi connectivity index (χ2v) is 7.52. The van der Waals surface area contributed by atoms with E-state index >= 15 is 0 Å². The number of benzene rings is 2. The second-order valence-electron chi connectivity index (χ2n) is 7.52. The van der Waals surface area contributed by atoms with Crippen molar-refractivity contribution >= 4 is 46.4 Å². The van der Waals surface area contributed by atoms with Crippen molar-refractivity contribution in [1.82, 2.24) is 10.6 Å². The summed E-state index contributed by atoms with van der Waals surface area (Å²) >= 11 is 0. The van der Waals surface area contributed by atoms with Gasteiger partial charge in [-0.3, -0.25) is 48.6 Å². The molecule has 0 spiro atoms. The van der Waals surface area contributed by atoms with E-state index in [1.54, 1.807) is 0 Å². The summed E-state index contributed by atoms with van der Waals surface area (Å²) in [5.41, 5.74) is 0.750. The fraction of sp³-hybridized carbons (Fsp3) is 0.182. The molecular formula is C22H14N2O8. The third kappa shape index (κ3) is 2.88. The fourth-order valence-electron chi connectivity index (χ4n) is 4.03. The van der Waals surface area contributed by atoms with Crippen LogP contribution in [0.5, 0.6) is 0 Å². The lowest BCUT2D eigenvalue weighted by Crippen LogP contribution is -2.20. The highest BCUT2D eigenvalue weighted by atomic mass is 17.0. The Bertz CT molecular complexity index is 1390. The average Bonchev–Trinajstić information content (AvgIpc) is 3.20. The maximum atomic E-state index is 12.8. The third-order valence-electron chi connectivity index (χ3n) is 5.56. The number of imide groups is 2. The molecule has 0 atom stereocenters. The lowest BCUT2D eigenvalue weighted by Gasteiger charge is -2.09. The van der Waals surface area contributed by atoms with Crippen LogP contribution in [0.15, 0.2) is 33.4 Å². The molecular weight excluding hydrogens is 420 g/mol. The monoisotopic (exact) mass is 434 g/mol. The zero-order valence-corrected chi connectivity index (χ0v) is 16.4. The molecule has 0 saturated heterocycles. The minimum atomic E-state index is -0.674. The third-order valence-corrected chi connectivity index (χ3v) is 5.56. The van der Waals surface area contributed by atoms with Crippen LogP contribution in [0.1, 0.15) is 87.8 Å². The largest absolute Gasteiger partial charge is 0.294 e. The lowest BCUT2D eigenvalue weighted by molar-refractivity contribution is 0.0572. The van der Waals surface area contributed by atoms with Crippen LogP contribution in [0.4, 0.5) is 0 Å². The molecule has 2 N–H and O–H groups in total. The first-order valence-corrected chi connectivity index (χ1v) is 9.83. The summed E-state index contributed by atoms with van der Waals surface area (Å²) < 4.78 is 9.66. The molecule has 10 nitrogen and oxygen atoms in total. The molecule has 0 radical (unpaired) electrons. The van der Waals surface area contributed by atoms with E-state index in [2.05, 4.69) is 10.6 Å². The predicted molar refractivity (Wildman–Crippen MR) is 106 cm³/mol. The van der Waals surface area contributed by atoms with Crippen LogP contribution in [0.3, 0.4) is 0 Å². The van der Waals surface area contributed by atoms with Crippen LogP contribution in [0.2, 0.25) is 0 Å². The summed E-state index contributed by atoms with van der Waals surface area (Å²) in [6, 6.07) is 5.86. The van der Waals surface area contributed by atoms with Crippen LogP contribution in [0.25, 0.3) is 11.2 Å². The molecule has 0 unspecified atom stereocenters. The summed E-state index contributed by atoms with van der Waals surface area (Å²) in [6.07, 6.45) is 0.727. The lowest BCUT2D eigenvalue weighted by atomic mass is 9.94. The van der Waals surface area contributed by atoms with Gasteiger partial charge in [0.1, 0.15) is 0 Å². The fourth-order valence-corrected chi connectivity index (χ4v) is 4.03. The molecule has 0 fully saturated rings. The van der Waals surface area contributed by atoms with Crippen molar-refractivity contribution in [3.8, 4) is 0 Å². The second kappa shape index (κ2) is 7.12. The zero-order chi connectivity index (χ0) is 22.6. The summed E-state index contributed by atoms with van der Waals surface area (Å²) in [5.74, 6) is -3.15. The molecule has 10 heteroatoms. The van der Waals surface area contributed by atoms with Gasteiger partial charge in [0.25, 0.3) is 23.6 Å². The molecule has 0 saturated carbocycles. The van der Waals surface area contributed by atoms with E-state index < -0.39 is 29.4 Å². The maximum Gasteiger partial charge on any atom is 0.259 e. The molecule has 5 rings (SSSR count). The van der Waals surface area contributed by atoms with Gasteiger partial charge in [0.15, 0.2) is 11.6 Å². The van der Waals surface area contributed by atoms with Gasteiger partial charge in [0.05, 0.1) is 27.8 Å². The van der Waals surface area contributed by atoms with Gasteiger partial charge in [-0.05, 0) is 18.9 Å². The molecule has 4 amide bonds. The first-order valence-electron chi connectivity index (χ1n) is 9.83. The van der Waals surface area contributed by atoms with Gasteiger partial charge >= 0.3 is 0 Å². The SMILES string of the molecule is O=C(CCCCC(=O)c1c2c(cc3ooc13)C(=O)NC2=O)c1cccc2c1C(=O)NC2=O. The number of ketones is 2. The molecule has 0 aliphatic carbocycles. The highest BCUT2D eigenvalue weighted by molar-refractivity contribution is 6.28. The number of fused-ring (bicyclic) bond motifs is 3. The van der Waals surface area contributed by atoms with E-state index in [4.69, 9.17) is 9.15 Å².